The highest BCUT2D eigenvalue weighted by Crippen LogP contribution is 2.20. The molecule has 2 aromatic carbocycles. The molecule has 0 aliphatic rings. The second-order valence-corrected chi connectivity index (χ2v) is 10.9. The Morgan fingerprint density at radius 1 is 1.03 bits per heavy atom. The van der Waals surface area contributed by atoms with E-state index in [1.54, 1.807) is 43.8 Å². The molecule has 0 aliphatic carbocycles. The Labute approximate surface area is 190 Å². The summed E-state index contributed by atoms with van der Waals surface area (Å²) in [6, 6.07) is 18.0. The lowest BCUT2D eigenvalue weighted by Crippen LogP contribution is -2.37. The Morgan fingerprint density at radius 3 is 2.34 bits per heavy atom. The maximum Gasteiger partial charge on any atom is 0.251 e. The van der Waals surface area contributed by atoms with E-state index in [1.807, 2.05) is 24.3 Å². The predicted octanol–water partition coefficient (Wildman–Crippen LogP) is 3.21. The molecule has 0 aliphatic heterocycles. The average Bonchev–Trinajstić information content (AvgIpc) is 2.82. The number of pyridine rings is 1. The average molecular weight is 448 g/mol. The van der Waals surface area contributed by atoms with Crippen LogP contribution in [0.15, 0.2) is 73.1 Å². The van der Waals surface area contributed by atoms with E-state index in [9.17, 15) is 9.59 Å². The third-order valence-corrected chi connectivity index (χ3v) is 6.94. The number of benzene rings is 2. The molecule has 1 aromatic heterocycles. The van der Waals surface area contributed by atoms with Gasteiger partial charge in [-0.3, -0.25) is 14.6 Å². The number of methoxy groups -OCH3 is 1. The van der Waals surface area contributed by atoms with Gasteiger partial charge < -0.3 is 15.4 Å². The molecule has 1 atom stereocenters. The smallest absolute Gasteiger partial charge is 0.251 e. The van der Waals surface area contributed by atoms with Gasteiger partial charge in [0, 0.05) is 24.5 Å². The lowest BCUT2D eigenvalue weighted by Gasteiger charge is -2.19. The second kappa shape index (κ2) is 11.2. The zero-order chi connectivity index (χ0) is 22.9. The van der Waals surface area contributed by atoms with Crippen LogP contribution < -0.4 is 20.6 Å². The number of aryl methyl sites for hydroxylation is 1. The second-order valence-electron chi connectivity index (χ2n) is 7.90. The van der Waals surface area contributed by atoms with Crippen molar-refractivity contribution in [1.29, 1.82) is 0 Å². The van der Waals surface area contributed by atoms with E-state index in [2.05, 4.69) is 40.8 Å². The van der Waals surface area contributed by atoms with Gasteiger partial charge in [-0.1, -0.05) is 48.6 Å². The molecule has 0 bridgehead atoms. The van der Waals surface area contributed by atoms with Crippen LogP contribution >= 0.6 is 0 Å². The van der Waals surface area contributed by atoms with Gasteiger partial charge in [0.1, 0.15) is 11.8 Å². The maximum atomic E-state index is 13.1. The molecule has 32 heavy (non-hydrogen) atoms. The Bertz CT molecular complexity index is 1020. The highest BCUT2D eigenvalue weighted by atomic mass is 28.3. The minimum absolute atomic E-state index is 0.203. The molecule has 1 unspecified atom stereocenters. The van der Waals surface area contributed by atoms with Gasteiger partial charge >= 0.3 is 0 Å². The van der Waals surface area contributed by atoms with Gasteiger partial charge in [-0.15, -0.1) is 0 Å². The summed E-state index contributed by atoms with van der Waals surface area (Å²) in [6.07, 6.45) is 4.25. The van der Waals surface area contributed by atoms with Gasteiger partial charge in [-0.05, 0) is 47.9 Å². The molecule has 0 spiro atoms. The van der Waals surface area contributed by atoms with Crippen molar-refractivity contribution in [2.24, 2.45) is 0 Å². The zero-order valence-electron chi connectivity index (χ0n) is 18.7. The Hall–Kier alpha value is -3.45. The van der Waals surface area contributed by atoms with Crippen molar-refractivity contribution in [2.75, 3.05) is 12.4 Å². The Balaban J connectivity index is 1.73. The molecule has 3 rings (SSSR count). The fourth-order valence-corrected chi connectivity index (χ4v) is 4.26. The van der Waals surface area contributed by atoms with E-state index in [1.165, 1.54) is 5.19 Å². The first-order valence-electron chi connectivity index (χ1n) is 10.7. The lowest BCUT2D eigenvalue weighted by molar-refractivity contribution is -0.126. The van der Waals surface area contributed by atoms with Crippen molar-refractivity contribution in [3.8, 4) is 5.75 Å². The minimum atomic E-state index is -0.902. The summed E-state index contributed by atoms with van der Waals surface area (Å²) in [6.45, 7) is 4.52. The molecule has 0 fully saturated rings. The van der Waals surface area contributed by atoms with Gasteiger partial charge in [0.15, 0.2) is 0 Å². The van der Waals surface area contributed by atoms with Crippen LogP contribution in [0.1, 0.15) is 23.6 Å². The highest BCUT2D eigenvalue weighted by Gasteiger charge is 2.23. The van der Waals surface area contributed by atoms with Crippen molar-refractivity contribution in [2.45, 2.75) is 32.0 Å². The SMILES string of the molecule is COc1ccc(C(NC(=O)CCc2cccnc2)C(=O)Nc2ccc([SiH](C)C)cc2)cc1. The first-order chi connectivity index (χ1) is 15.5. The van der Waals surface area contributed by atoms with Gasteiger partial charge in [0.25, 0.3) is 5.91 Å². The van der Waals surface area contributed by atoms with Crippen molar-refractivity contribution >= 4 is 31.5 Å². The number of ether oxygens (including phenoxy) is 1. The zero-order valence-corrected chi connectivity index (χ0v) is 19.8. The topological polar surface area (TPSA) is 80.3 Å². The summed E-state index contributed by atoms with van der Waals surface area (Å²) in [5, 5.41) is 7.15. The quantitative estimate of drug-likeness (QED) is 0.494. The van der Waals surface area contributed by atoms with Crippen LogP contribution in [0.25, 0.3) is 0 Å². The molecule has 7 heteroatoms. The molecule has 0 saturated heterocycles. The number of nitrogens with zero attached hydrogens (tertiary/aromatic N) is 1. The number of carbonyl (C=O) groups excluding carboxylic acids is 2. The third kappa shape index (κ3) is 6.52. The molecule has 2 amide bonds. The van der Waals surface area contributed by atoms with Crippen molar-refractivity contribution < 1.29 is 14.3 Å². The van der Waals surface area contributed by atoms with Gasteiger partial charge in [-0.25, -0.2) is 0 Å². The minimum Gasteiger partial charge on any atom is -0.497 e. The van der Waals surface area contributed by atoms with E-state index >= 15 is 0 Å². The van der Waals surface area contributed by atoms with E-state index in [0.717, 1.165) is 5.56 Å². The fourth-order valence-electron chi connectivity index (χ4n) is 3.30. The van der Waals surface area contributed by atoms with Crippen molar-refractivity contribution in [3.63, 3.8) is 0 Å². The Kier molecular flexibility index (Phi) is 8.16. The number of nitrogens with one attached hydrogen (secondary N) is 2. The molecule has 3 aromatic rings. The number of amides is 2. The van der Waals surface area contributed by atoms with Gasteiger partial charge in [0.05, 0.1) is 15.9 Å². The monoisotopic (exact) mass is 447 g/mol. The standard InChI is InChI=1S/C25H29N3O3Si/c1-31-21-11-7-19(8-12-21)24(28-23(29)15-6-18-5-4-16-26-17-18)25(30)27-20-9-13-22(14-10-20)32(2)3/h4-5,7-14,16-17,24,32H,6,15H2,1-3H3,(H,27,30)(H,28,29). The molecular weight excluding hydrogens is 418 g/mol. The normalized spacial score (nSPS) is 11.6. The Morgan fingerprint density at radius 2 is 1.75 bits per heavy atom. The highest BCUT2D eigenvalue weighted by molar-refractivity contribution is 6.70. The largest absolute Gasteiger partial charge is 0.497 e. The molecular formula is C25H29N3O3Si. The van der Waals surface area contributed by atoms with Crippen LogP contribution in [0.3, 0.4) is 0 Å². The molecule has 6 nitrogen and oxygen atoms in total. The van der Waals surface area contributed by atoms with Gasteiger partial charge in [-0.2, -0.15) is 0 Å². The molecule has 0 radical (unpaired) electrons. The van der Waals surface area contributed by atoms with E-state index in [4.69, 9.17) is 4.74 Å². The van der Waals surface area contributed by atoms with Crippen LogP contribution in [0.2, 0.25) is 13.1 Å². The number of hydrogen-bond donors (Lipinski definition) is 2. The number of hydrogen-bond acceptors (Lipinski definition) is 4. The molecule has 2 N–H and O–H groups in total. The number of carbonyl (C=O) groups is 2. The van der Waals surface area contributed by atoms with E-state index in [0.29, 0.717) is 23.4 Å². The predicted molar refractivity (Wildman–Crippen MR) is 130 cm³/mol. The van der Waals surface area contributed by atoms with Crippen LogP contribution in [0, 0.1) is 0 Å². The number of anilines is 1. The van der Waals surface area contributed by atoms with Crippen LogP contribution in [-0.4, -0.2) is 32.7 Å². The summed E-state index contributed by atoms with van der Waals surface area (Å²) in [5.74, 6) is 0.190. The van der Waals surface area contributed by atoms with E-state index in [-0.39, 0.29) is 18.2 Å². The fraction of sp³-hybridized carbons (Fsp3) is 0.240. The maximum absolute atomic E-state index is 13.1. The molecule has 1 heterocycles. The van der Waals surface area contributed by atoms with Crippen LogP contribution in [0.5, 0.6) is 5.75 Å². The summed E-state index contributed by atoms with van der Waals surface area (Å²) in [4.78, 5) is 29.9. The summed E-state index contributed by atoms with van der Waals surface area (Å²) < 4.78 is 5.21. The van der Waals surface area contributed by atoms with E-state index < -0.39 is 14.8 Å². The lowest BCUT2D eigenvalue weighted by atomic mass is 10.0. The molecule has 0 saturated carbocycles. The molecule has 166 valence electrons. The van der Waals surface area contributed by atoms with Crippen LogP contribution in [-0.2, 0) is 16.0 Å². The number of rotatable bonds is 9. The summed E-state index contributed by atoms with van der Waals surface area (Å²) in [7, 11) is 0.685. The van der Waals surface area contributed by atoms with Gasteiger partial charge in [0.2, 0.25) is 5.91 Å². The summed E-state index contributed by atoms with van der Waals surface area (Å²) in [5.41, 5.74) is 2.36. The third-order valence-electron chi connectivity index (χ3n) is 5.23. The van der Waals surface area contributed by atoms with Crippen molar-refractivity contribution in [3.05, 3.63) is 84.2 Å². The first-order valence-corrected chi connectivity index (χ1v) is 13.6. The summed E-state index contributed by atoms with van der Waals surface area (Å²) >= 11 is 0. The first kappa shape index (κ1) is 23.2. The van der Waals surface area contributed by atoms with Crippen LogP contribution in [0.4, 0.5) is 5.69 Å². The number of aromatic nitrogens is 1. The van der Waals surface area contributed by atoms with Crippen molar-refractivity contribution in [1.82, 2.24) is 10.3 Å².